The van der Waals surface area contributed by atoms with Gasteiger partial charge in [0.15, 0.2) is 6.61 Å². The molecule has 0 atom stereocenters. The van der Waals surface area contributed by atoms with Crippen molar-refractivity contribution in [2.24, 2.45) is 0 Å². The molecule has 28 heavy (non-hydrogen) atoms. The first-order valence-corrected chi connectivity index (χ1v) is 10.6. The van der Waals surface area contributed by atoms with Gasteiger partial charge in [-0.3, -0.25) is 10.1 Å². The molecule has 1 aromatic rings. The monoisotopic (exact) mass is 431 g/mol. The number of esters is 1. The molecule has 0 radical (unpaired) electrons. The first-order valence-electron chi connectivity index (χ1n) is 8.74. The molecule has 1 aromatic carbocycles. The van der Waals surface area contributed by atoms with Crippen LogP contribution in [0.1, 0.15) is 36.0 Å². The Balaban J connectivity index is 2.14. The van der Waals surface area contributed by atoms with E-state index in [2.05, 4.69) is 5.32 Å². The van der Waals surface area contributed by atoms with Gasteiger partial charge in [-0.1, -0.05) is 24.4 Å². The number of ether oxygens (including phenoxy) is 1. The summed E-state index contributed by atoms with van der Waals surface area (Å²) >= 11 is 6.08. The standard InChI is InChI=1S/C17H22ClN3O6S/c1-19-17(24)20-15(22)11-27-16(23)12-6-7-13(18)14(10-12)28(25,26)21-8-4-2-3-5-9-21/h6-7,10H,2-5,8-9,11H2,1H3,(H2,19,20,22,24). The molecule has 0 bridgehead atoms. The van der Waals surface area contributed by atoms with Gasteiger partial charge in [0, 0.05) is 20.1 Å². The van der Waals surface area contributed by atoms with Crippen LogP contribution in [0.3, 0.4) is 0 Å². The van der Waals surface area contributed by atoms with Crippen molar-refractivity contribution in [2.75, 3.05) is 26.7 Å². The number of rotatable bonds is 5. The highest BCUT2D eigenvalue weighted by Crippen LogP contribution is 2.27. The molecule has 11 heteroatoms. The predicted molar refractivity (Wildman–Crippen MR) is 102 cm³/mol. The summed E-state index contributed by atoms with van der Waals surface area (Å²) in [6, 6.07) is 3.01. The van der Waals surface area contributed by atoms with Crippen LogP contribution in [0.15, 0.2) is 23.1 Å². The Hall–Kier alpha value is -2.17. The molecule has 2 rings (SSSR count). The summed E-state index contributed by atoms with van der Waals surface area (Å²) in [6.45, 7) is 0.100. The summed E-state index contributed by atoms with van der Waals surface area (Å²) in [5.41, 5.74) is -0.0643. The molecule has 1 aliphatic rings. The van der Waals surface area contributed by atoms with Crippen LogP contribution in [0.2, 0.25) is 5.02 Å². The summed E-state index contributed by atoms with van der Waals surface area (Å²) < 4.78 is 32.1. The Morgan fingerprint density at radius 2 is 1.79 bits per heavy atom. The number of carbonyl (C=O) groups excluding carboxylic acids is 3. The van der Waals surface area contributed by atoms with Gasteiger partial charge in [0.1, 0.15) is 4.90 Å². The lowest BCUT2D eigenvalue weighted by molar-refractivity contribution is -0.123. The summed E-state index contributed by atoms with van der Waals surface area (Å²) in [5.74, 6) is -1.73. The fourth-order valence-electron chi connectivity index (χ4n) is 2.69. The normalized spacial score (nSPS) is 15.4. The number of hydrogen-bond donors (Lipinski definition) is 2. The van der Waals surface area contributed by atoms with Gasteiger partial charge in [0.2, 0.25) is 10.0 Å². The number of hydrogen-bond acceptors (Lipinski definition) is 6. The second-order valence-electron chi connectivity index (χ2n) is 6.17. The molecule has 154 valence electrons. The summed E-state index contributed by atoms with van der Waals surface area (Å²) in [5, 5.41) is 4.12. The van der Waals surface area contributed by atoms with Crippen LogP contribution in [0.4, 0.5) is 4.79 Å². The molecule has 0 spiro atoms. The van der Waals surface area contributed by atoms with Gasteiger partial charge in [-0.05, 0) is 31.0 Å². The third-order valence-electron chi connectivity index (χ3n) is 4.16. The molecule has 1 aliphatic heterocycles. The number of nitrogens with zero attached hydrogens (tertiary/aromatic N) is 1. The van der Waals surface area contributed by atoms with E-state index in [-0.39, 0.29) is 15.5 Å². The second kappa shape index (κ2) is 9.85. The van der Waals surface area contributed by atoms with E-state index in [4.69, 9.17) is 16.3 Å². The fourth-order valence-corrected chi connectivity index (χ4v) is 4.71. The Kier molecular flexibility index (Phi) is 7.78. The van der Waals surface area contributed by atoms with Crippen LogP contribution in [0, 0.1) is 0 Å². The molecule has 2 N–H and O–H groups in total. The number of carbonyl (C=O) groups is 3. The zero-order chi connectivity index (χ0) is 20.7. The van der Waals surface area contributed by atoms with E-state index in [9.17, 15) is 22.8 Å². The zero-order valence-corrected chi connectivity index (χ0v) is 16.9. The largest absolute Gasteiger partial charge is 0.452 e. The molecule has 1 heterocycles. The number of sulfonamides is 1. The van der Waals surface area contributed by atoms with E-state index in [1.54, 1.807) is 0 Å². The SMILES string of the molecule is CNC(=O)NC(=O)COC(=O)c1ccc(Cl)c(S(=O)(=O)N2CCCCCC2)c1. The lowest BCUT2D eigenvalue weighted by Gasteiger charge is -2.21. The summed E-state index contributed by atoms with van der Waals surface area (Å²) in [6.07, 6.45) is 3.45. The third kappa shape index (κ3) is 5.66. The van der Waals surface area contributed by atoms with Gasteiger partial charge in [-0.25, -0.2) is 18.0 Å². The Labute approximate surface area is 168 Å². The van der Waals surface area contributed by atoms with E-state index in [1.807, 2.05) is 5.32 Å². The first-order chi connectivity index (χ1) is 13.3. The minimum atomic E-state index is -3.86. The average molecular weight is 432 g/mol. The second-order valence-corrected chi connectivity index (χ2v) is 8.48. The van der Waals surface area contributed by atoms with Crippen LogP contribution < -0.4 is 10.6 Å². The predicted octanol–water partition coefficient (Wildman–Crippen LogP) is 1.52. The number of imide groups is 1. The quantitative estimate of drug-likeness (QED) is 0.681. The number of amides is 3. The van der Waals surface area contributed by atoms with E-state index in [1.165, 1.54) is 23.5 Å². The maximum atomic E-state index is 12.9. The van der Waals surface area contributed by atoms with Gasteiger partial charge in [0.05, 0.1) is 10.6 Å². The van der Waals surface area contributed by atoms with Crippen LogP contribution in [-0.2, 0) is 19.6 Å². The maximum Gasteiger partial charge on any atom is 0.338 e. The molecule has 1 saturated heterocycles. The van der Waals surface area contributed by atoms with E-state index >= 15 is 0 Å². The lowest BCUT2D eigenvalue weighted by atomic mass is 10.2. The van der Waals surface area contributed by atoms with Crippen molar-refractivity contribution in [3.8, 4) is 0 Å². The van der Waals surface area contributed by atoms with Crippen molar-refractivity contribution >= 4 is 39.5 Å². The molecule has 1 fully saturated rings. The number of benzene rings is 1. The van der Waals surface area contributed by atoms with Gasteiger partial charge in [0.25, 0.3) is 5.91 Å². The molecule has 0 aliphatic carbocycles. The summed E-state index contributed by atoms with van der Waals surface area (Å²) in [4.78, 5) is 34.5. The first kappa shape index (κ1) is 22.1. The van der Waals surface area contributed by atoms with Crippen molar-refractivity contribution in [3.05, 3.63) is 28.8 Å². The lowest BCUT2D eigenvalue weighted by Crippen LogP contribution is -2.39. The third-order valence-corrected chi connectivity index (χ3v) is 6.54. The molecule has 3 amide bonds. The van der Waals surface area contributed by atoms with Gasteiger partial charge < -0.3 is 10.1 Å². The minimum Gasteiger partial charge on any atom is -0.452 e. The highest BCUT2D eigenvalue weighted by atomic mass is 35.5. The smallest absolute Gasteiger partial charge is 0.338 e. The van der Waals surface area contributed by atoms with Crippen molar-refractivity contribution in [1.82, 2.24) is 14.9 Å². The number of nitrogens with one attached hydrogen (secondary N) is 2. The van der Waals surface area contributed by atoms with E-state index in [0.717, 1.165) is 31.7 Å². The van der Waals surface area contributed by atoms with Gasteiger partial charge in [-0.2, -0.15) is 4.31 Å². The van der Waals surface area contributed by atoms with Crippen molar-refractivity contribution in [2.45, 2.75) is 30.6 Å². The molecule has 0 aromatic heterocycles. The Morgan fingerprint density at radius 3 is 2.39 bits per heavy atom. The van der Waals surface area contributed by atoms with Crippen molar-refractivity contribution in [1.29, 1.82) is 0 Å². The molecule has 9 nitrogen and oxygen atoms in total. The number of halogens is 1. The Bertz CT molecular complexity index is 850. The highest BCUT2D eigenvalue weighted by Gasteiger charge is 2.28. The van der Waals surface area contributed by atoms with E-state index in [0.29, 0.717) is 13.1 Å². The molecular weight excluding hydrogens is 410 g/mol. The zero-order valence-electron chi connectivity index (χ0n) is 15.4. The van der Waals surface area contributed by atoms with Gasteiger partial charge in [-0.15, -0.1) is 0 Å². The van der Waals surface area contributed by atoms with Gasteiger partial charge >= 0.3 is 12.0 Å². The number of urea groups is 1. The summed E-state index contributed by atoms with van der Waals surface area (Å²) in [7, 11) is -2.53. The van der Waals surface area contributed by atoms with Crippen LogP contribution in [0.5, 0.6) is 0 Å². The van der Waals surface area contributed by atoms with Crippen LogP contribution in [-0.4, -0.2) is 57.4 Å². The Morgan fingerprint density at radius 1 is 1.14 bits per heavy atom. The molecular formula is C17H22ClN3O6S. The minimum absolute atomic E-state index is 0.00171. The molecule has 0 saturated carbocycles. The van der Waals surface area contributed by atoms with Crippen LogP contribution >= 0.6 is 11.6 Å². The average Bonchev–Trinajstić information content (AvgIpc) is 2.96. The molecule has 0 unspecified atom stereocenters. The maximum absolute atomic E-state index is 12.9. The van der Waals surface area contributed by atoms with Crippen molar-refractivity contribution in [3.63, 3.8) is 0 Å². The topological polar surface area (TPSA) is 122 Å². The highest BCUT2D eigenvalue weighted by molar-refractivity contribution is 7.89. The van der Waals surface area contributed by atoms with Crippen molar-refractivity contribution < 1.29 is 27.5 Å². The fraction of sp³-hybridized carbons (Fsp3) is 0.471. The van der Waals surface area contributed by atoms with E-state index < -0.39 is 34.5 Å². The van der Waals surface area contributed by atoms with Crippen LogP contribution in [0.25, 0.3) is 0 Å².